The van der Waals surface area contributed by atoms with Gasteiger partial charge >= 0.3 is 0 Å². The normalized spacial score (nSPS) is 18.6. The number of halogens is 1. The fourth-order valence-corrected chi connectivity index (χ4v) is 4.59. The van der Waals surface area contributed by atoms with Crippen molar-refractivity contribution in [3.05, 3.63) is 58.1 Å². The number of nitrogens with one attached hydrogen (secondary N) is 1. The van der Waals surface area contributed by atoms with Gasteiger partial charge in [0.15, 0.2) is 5.78 Å². The molecular formula is C28H40BrNO3. The van der Waals surface area contributed by atoms with Crippen LogP contribution < -0.4 is 10.1 Å². The van der Waals surface area contributed by atoms with Crippen LogP contribution in [0.3, 0.4) is 0 Å². The van der Waals surface area contributed by atoms with Gasteiger partial charge in [0.05, 0.1) is 7.11 Å². The van der Waals surface area contributed by atoms with Gasteiger partial charge in [-0.1, -0.05) is 61.0 Å². The summed E-state index contributed by atoms with van der Waals surface area (Å²) >= 11 is 3.30. The standard InChI is InChI=1S/C17H25NO2.C11H15BrO/c1-4-13-6-8-14(9-7-13)17(19)18-15-10-5-12(2)16(11-15)20-3;1-5-7-11(9(4)13)10(6-2)8(3)12/h5,10-11,13-14H,4,6-9H2,1-3H3,(H,18,19);5,7H,3,6H2,1-2,4H3/b;7-5-,11-10+. The SMILES string of the molecule is C=C(Br)/C(CC)=C(\C=C/C)C(C)=O.CCC1CCC(C(=O)Nc2ccc(C)c(OC)c2)CC1. The first-order valence-electron chi connectivity index (χ1n) is 11.8. The molecule has 182 valence electrons. The highest BCUT2D eigenvalue weighted by molar-refractivity contribution is 9.11. The smallest absolute Gasteiger partial charge is 0.227 e. The summed E-state index contributed by atoms with van der Waals surface area (Å²) in [6.45, 7) is 13.5. The average Bonchev–Trinajstić information content (AvgIpc) is 2.80. The Morgan fingerprint density at radius 3 is 2.30 bits per heavy atom. The first-order valence-corrected chi connectivity index (χ1v) is 12.6. The maximum absolute atomic E-state index is 12.3. The molecule has 5 heteroatoms. The van der Waals surface area contributed by atoms with Crippen LogP contribution in [0.15, 0.2) is 52.6 Å². The first kappa shape index (κ1) is 28.9. The molecule has 4 nitrogen and oxygen atoms in total. The van der Waals surface area contributed by atoms with E-state index in [9.17, 15) is 9.59 Å². The molecule has 0 spiro atoms. The van der Waals surface area contributed by atoms with Crippen molar-refractivity contribution < 1.29 is 14.3 Å². The number of methoxy groups -OCH3 is 1. The van der Waals surface area contributed by atoms with E-state index in [1.807, 2.05) is 51.1 Å². The Labute approximate surface area is 208 Å². The first-order chi connectivity index (χ1) is 15.7. The number of Topliss-reactive ketones (excluding diaryl/α,β-unsaturated/α-hetero) is 1. The van der Waals surface area contributed by atoms with Crippen molar-refractivity contribution in [3.8, 4) is 5.75 Å². The molecule has 2 rings (SSSR count). The van der Waals surface area contributed by atoms with Crippen LogP contribution in [0.2, 0.25) is 0 Å². The number of benzene rings is 1. The van der Waals surface area contributed by atoms with Gasteiger partial charge < -0.3 is 10.1 Å². The van der Waals surface area contributed by atoms with Gasteiger partial charge in [-0.3, -0.25) is 9.59 Å². The summed E-state index contributed by atoms with van der Waals surface area (Å²) in [4.78, 5) is 23.6. The number of hydrogen-bond acceptors (Lipinski definition) is 3. The molecule has 1 amide bonds. The van der Waals surface area contributed by atoms with Crippen molar-refractivity contribution in [2.75, 3.05) is 12.4 Å². The molecule has 1 aliphatic carbocycles. The highest BCUT2D eigenvalue weighted by Crippen LogP contribution is 2.32. The molecule has 0 bridgehead atoms. The van der Waals surface area contributed by atoms with Crippen molar-refractivity contribution in [2.45, 2.75) is 73.1 Å². The molecule has 1 aromatic rings. The molecule has 0 aromatic heterocycles. The molecule has 1 N–H and O–H groups in total. The molecule has 1 aromatic carbocycles. The van der Waals surface area contributed by atoms with Crippen molar-refractivity contribution in [3.63, 3.8) is 0 Å². The maximum Gasteiger partial charge on any atom is 0.227 e. The van der Waals surface area contributed by atoms with Crippen molar-refractivity contribution in [1.29, 1.82) is 0 Å². The lowest BCUT2D eigenvalue weighted by Crippen LogP contribution is -2.27. The van der Waals surface area contributed by atoms with Crippen LogP contribution in [-0.4, -0.2) is 18.8 Å². The summed E-state index contributed by atoms with van der Waals surface area (Å²) in [6.07, 6.45) is 10.2. The van der Waals surface area contributed by atoms with Crippen LogP contribution in [-0.2, 0) is 9.59 Å². The predicted molar refractivity (Wildman–Crippen MR) is 143 cm³/mol. The molecule has 0 heterocycles. The minimum atomic E-state index is 0.0792. The van der Waals surface area contributed by atoms with E-state index in [4.69, 9.17) is 4.74 Å². The predicted octanol–water partition coefficient (Wildman–Crippen LogP) is 7.93. The fraction of sp³-hybridized carbons (Fsp3) is 0.500. The lowest BCUT2D eigenvalue weighted by Gasteiger charge is -2.27. The van der Waals surface area contributed by atoms with Gasteiger partial charge in [0, 0.05) is 27.7 Å². The Hall–Kier alpha value is -2.14. The number of amides is 1. The van der Waals surface area contributed by atoms with Gasteiger partial charge in [-0.15, -0.1) is 0 Å². The molecule has 1 aliphatic rings. The Bertz CT molecular complexity index is 877. The summed E-state index contributed by atoms with van der Waals surface area (Å²) in [5.41, 5.74) is 3.63. The van der Waals surface area contributed by atoms with Gasteiger partial charge in [0.2, 0.25) is 5.91 Å². The molecule has 0 radical (unpaired) electrons. The zero-order valence-corrected chi connectivity index (χ0v) is 22.7. The van der Waals surface area contributed by atoms with Gasteiger partial charge in [0.1, 0.15) is 5.75 Å². The number of anilines is 1. The summed E-state index contributed by atoms with van der Waals surface area (Å²) in [5, 5.41) is 3.03. The van der Waals surface area contributed by atoms with Crippen LogP contribution in [0.1, 0.15) is 71.8 Å². The molecule has 1 saturated carbocycles. The monoisotopic (exact) mass is 517 g/mol. The summed E-state index contributed by atoms with van der Waals surface area (Å²) in [5.74, 6) is 2.04. The minimum Gasteiger partial charge on any atom is -0.496 e. The van der Waals surface area contributed by atoms with E-state index in [0.717, 1.165) is 57.8 Å². The Balaban J connectivity index is 0.000000366. The molecule has 0 saturated heterocycles. The number of aryl methyl sites for hydroxylation is 1. The van der Waals surface area contributed by atoms with Crippen LogP contribution in [0.25, 0.3) is 0 Å². The van der Waals surface area contributed by atoms with Gasteiger partial charge in [-0.05, 0) is 76.0 Å². The second-order valence-corrected chi connectivity index (χ2v) is 9.46. The Morgan fingerprint density at radius 2 is 1.85 bits per heavy atom. The van der Waals surface area contributed by atoms with Crippen LogP contribution >= 0.6 is 15.9 Å². The largest absolute Gasteiger partial charge is 0.496 e. The maximum atomic E-state index is 12.3. The number of ketones is 1. The number of allylic oxidation sites excluding steroid dienone is 5. The quantitative estimate of drug-likeness (QED) is 0.281. The average molecular weight is 519 g/mol. The molecule has 0 aliphatic heterocycles. The van der Waals surface area contributed by atoms with Crippen molar-refractivity contribution >= 4 is 33.3 Å². The second kappa shape index (κ2) is 14.9. The van der Waals surface area contributed by atoms with Gasteiger partial charge in [0.25, 0.3) is 0 Å². The van der Waals surface area contributed by atoms with Crippen LogP contribution in [0, 0.1) is 18.8 Å². The van der Waals surface area contributed by atoms with Gasteiger partial charge in [-0.2, -0.15) is 0 Å². The highest BCUT2D eigenvalue weighted by Gasteiger charge is 2.25. The Kier molecular flexibility index (Phi) is 13.0. The fourth-order valence-electron chi connectivity index (χ4n) is 4.10. The third kappa shape index (κ3) is 9.32. The van der Waals surface area contributed by atoms with Crippen LogP contribution in [0.4, 0.5) is 5.69 Å². The molecule has 0 unspecified atom stereocenters. The van der Waals surface area contributed by atoms with E-state index in [2.05, 4.69) is 34.7 Å². The van der Waals surface area contributed by atoms with E-state index in [-0.39, 0.29) is 17.6 Å². The van der Waals surface area contributed by atoms with E-state index in [1.54, 1.807) is 14.0 Å². The molecule has 33 heavy (non-hydrogen) atoms. The number of rotatable bonds is 8. The summed E-state index contributed by atoms with van der Waals surface area (Å²) < 4.78 is 6.08. The van der Waals surface area contributed by atoms with E-state index in [0.29, 0.717) is 0 Å². The summed E-state index contributed by atoms with van der Waals surface area (Å²) in [6, 6.07) is 5.81. The van der Waals surface area contributed by atoms with Crippen molar-refractivity contribution in [1.82, 2.24) is 0 Å². The zero-order valence-electron chi connectivity index (χ0n) is 21.1. The third-order valence-corrected chi connectivity index (χ3v) is 6.67. The third-order valence-electron chi connectivity index (χ3n) is 6.19. The summed E-state index contributed by atoms with van der Waals surface area (Å²) in [7, 11) is 1.65. The Morgan fingerprint density at radius 1 is 1.21 bits per heavy atom. The van der Waals surface area contributed by atoms with Crippen LogP contribution in [0.5, 0.6) is 5.75 Å². The lowest BCUT2D eigenvalue weighted by molar-refractivity contribution is -0.121. The molecule has 0 atom stereocenters. The topological polar surface area (TPSA) is 55.4 Å². The number of carbonyl (C=O) groups is 2. The number of ether oxygens (including phenoxy) is 1. The van der Waals surface area contributed by atoms with Crippen molar-refractivity contribution in [2.24, 2.45) is 11.8 Å². The number of carbonyl (C=O) groups excluding carboxylic acids is 2. The van der Waals surface area contributed by atoms with Gasteiger partial charge in [-0.25, -0.2) is 0 Å². The second-order valence-electron chi connectivity index (χ2n) is 8.51. The number of hydrogen-bond donors (Lipinski definition) is 1. The van der Waals surface area contributed by atoms with E-state index in [1.165, 1.54) is 19.3 Å². The molecule has 1 fully saturated rings. The highest BCUT2D eigenvalue weighted by atomic mass is 79.9. The zero-order chi connectivity index (χ0) is 25.0. The molecular weight excluding hydrogens is 478 g/mol. The van der Waals surface area contributed by atoms with E-state index >= 15 is 0 Å². The lowest BCUT2D eigenvalue weighted by atomic mass is 9.80. The van der Waals surface area contributed by atoms with E-state index < -0.39 is 0 Å². The minimum absolute atomic E-state index is 0.0792.